The molecular formula is C13H19NO. The molecule has 0 aliphatic carbocycles. The molecule has 1 heterocycles. The molecular weight excluding hydrogens is 186 g/mol. The van der Waals surface area contributed by atoms with Crippen LogP contribution in [0.4, 0.5) is 0 Å². The first-order valence-electron chi connectivity index (χ1n) is 5.56. The van der Waals surface area contributed by atoms with E-state index in [9.17, 15) is 0 Å². The third-order valence-corrected chi connectivity index (χ3v) is 2.75. The summed E-state index contributed by atoms with van der Waals surface area (Å²) >= 11 is 0. The minimum absolute atomic E-state index is 0.00697. The molecule has 0 saturated carbocycles. The van der Waals surface area contributed by atoms with Crippen LogP contribution in [0.2, 0.25) is 0 Å². The molecule has 0 unspecified atom stereocenters. The molecule has 2 heteroatoms. The van der Waals surface area contributed by atoms with Crippen LogP contribution in [0.25, 0.3) is 0 Å². The van der Waals surface area contributed by atoms with Gasteiger partial charge < -0.3 is 4.74 Å². The molecule has 82 valence electrons. The molecule has 1 fully saturated rings. The minimum Gasteiger partial charge on any atom is -0.373 e. The third kappa shape index (κ3) is 3.05. The van der Waals surface area contributed by atoms with Crippen molar-refractivity contribution in [3.8, 4) is 0 Å². The van der Waals surface area contributed by atoms with Crippen LogP contribution in [0.15, 0.2) is 30.3 Å². The van der Waals surface area contributed by atoms with Gasteiger partial charge in [-0.3, -0.25) is 4.90 Å². The van der Waals surface area contributed by atoms with Crippen LogP contribution in [-0.2, 0) is 11.3 Å². The molecule has 1 aromatic rings. The number of nitrogens with zero attached hydrogens (tertiary/aromatic N) is 1. The molecule has 2 nitrogen and oxygen atoms in total. The summed E-state index contributed by atoms with van der Waals surface area (Å²) < 4.78 is 5.69. The van der Waals surface area contributed by atoms with E-state index in [1.807, 2.05) is 0 Å². The Morgan fingerprint density at radius 1 is 1.27 bits per heavy atom. The second-order valence-corrected chi connectivity index (χ2v) is 4.80. The smallest absolute Gasteiger partial charge is 0.0753 e. The van der Waals surface area contributed by atoms with Gasteiger partial charge >= 0.3 is 0 Å². The van der Waals surface area contributed by atoms with Crippen LogP contribution >= 0.6 is 0 Å². The Morgan fingerprint density at radius 2 is 2.00 bits per heavy atom. The van der Waals surface area contributed by atoms with Crippen LogP contribution in [0, 0.1) is 0 Å². The number of benzene rings is 1. The number of hydrogen-bond donors (Lipinski definition) is 0. The van der Waals surface area contributed by atoms with Gasteiger partial charge in [-0.1, -0.05) is 30.3 Å². The maximum Gasteiger partial charge on any atom is 0.0753 e. The molecule has 0 aromatic heterocycles. The lowest BCUT2D eigenvalue weighted by atomic mass is 10.1. The Hall–Kier alpha value is -0.860. The molecule has 1 aliphatic heterocycles. The predicted molar refractivity (Wildman–Crippen MR) is 61.8 cm³/mol. The molecule has 0 amide bonds. The number of rotatable bonds is 2. The molecule has 0 N–H and O–H groups in total. The van der Waals surface area contributed by atoms with E-state index in [2.05, 4.69) is 49.1 Å². The van der Waals surface area contributed by atoms with Gasteiger partial charge in [0, 0.05) is 19.6 Å². The summed E-state index contributed by atoms with van der Waals surface area (Å²) in [6.07, 6.45) is 0. The lowest BCUT2D eigenvalue weighted by Gasteiger charge is -2.38. The summed E-state index contributed by atoms with van der Waals surface area (Å²) in [5, 5.41) is 0. The van der Waals surface area contributed by atoms with E-state index >= 15 is 0 Å². The van der Waals surface area contributed by atoms with Crippen molar-refractivity contribution in [1.82, 2.24) is 4.90 Å². The average molecular weight is 205 g/mol. The van der Waals surface area contributed by atoms with Crippen molar-refractivity contribution in [2.75, 3.05) is 19.7 Å². The summed E-state index contributed by atoms with van der Waals surface area (Å²) in [5.74, 6) is 0. The molecule has 1 aliphatic rings. The minimum atomic E-state index is 0.00697. The Bertz CT molecular complexity index is 308. The molecule has 0 bridgehead atoms. The van der Waals surface area contributed by atoms with Crippen LogP contribution in [-0.4, -0.2) is 30.2 Å². The highest BCUT2D eigenvalue weighted by Gasteiger charge is 2.26. The summed E-state index contributed by atoms with van der Waals surface area (Å²) in [5.41, 5.74) is 1.39. The molecule has 0 spiro atoms. The predicted octanol–water partition coefficient (Wildman–Crippen LogP) is 2.30. The fourth-order valence-electron chi connectivity index (χ4n) is 2.09. The van der Waals surface area contributed by atoms with Gasteiger partial charge in [0.25, 0.3) is 0 Å². The van der Waals surface area contributed by atoms with Crippen molar-refractivity contribution in [2.45, 2.75) is 26.0 Å². The fraction of sp³-hybridized carbons (Fsp3) is 0.538. The fourth-order valence-corrected chi connectivity index (χ4v) is 2.09. The monoisotopic (exact) mass is 205 g/mol. The first-order chi connectivity index (χ1) is 7.16. The maximum atomic E-state index is 5.69. The van der Waals surface area contributed by atoms with E-state index in [1.165, 1.54) is 5.56 Å². The lowest BCUT2D eigenvalue weighted by molar-refractivity contribution is -0.0882. The van der Waals surface area contributed by atoms with Gasteiger partial charge in [-0.05, 0) is 19.4 Å². The van der Waals surface area contributed by atoms with Crippen molar-refractivity contribution in [3.63, 3.8) is 0 Å². The summed E-state index contributed by atoms with van der Waals surface area (Å²) in [4.78, 5) is 2.46. The van der Waals surface area contributed by atoms with E-state index in [4.69, 9.17) is 4.74 Å². The van der Waals surface area contributed by atoms with Gasteiger partial charge in [0.15, 0.2) is 0 Å². The zero-order valence-electron chi connectivity index (χ0n) is 9.57. The standard InChI is InChI=1S/C13H19NO/c1-13(2)11-14(8-9-15-13)10-12-6-4-3-5-7-12/h3-7H,8-11H2,1-2H3. The highest BCUT2D eigenvalue weighted by atomic mass is 16.5. The second-order valence-electron chi connectivity index (χ2n) is 4.80. The molecule has 1 aromatic carbocycles. The van der Waals surface area contributed by atoms with Gasteiger partial charge in [-0.25, -0.2) is 0 Å². The largest absolute Gasteiger partial charge is 0.373 e. The zero-order chi connectivity index (χ0) is 10.7. The Kier molecular flexibility index (Phi) is 3.08. The van der Waals surface area contributed by atoms with E-state index in [0.717, 1.165) is 26.2 Å². The molecule has 0 radical (unpaired) electrons. The average Bonchev–Trinajstić information content (AvgIpc) is 2.17. The highest BCUT2D eigenvalue weighted by molar-refractivity contribution is 5.14. The van der Waals surface area contributed by atoms with Crippen LogP contribution in [0.5, 0.6) is 0 Å². The Labute approximate surface area is 91.9 Å². The van der Waals surface area contributed by atoms with Gasteiger partial charge in [0.2, 0.25) is 0 Å². The van der Waals surface area contributed by atoms with Crippen molar-refractivity contribution in [1.29, 1.82) is 0 Å². The van der Waals surface area contributed by atoms with Crippen molar-refractivity contribution < 1.29 is 4.74 Å². The van der Waals surface area contributed by atoms with Crippen LogP contribution in [0.3, 0.4) is 0 Å². The summed E-state index contributed by atoms with van der Waals surface area (Å²) in [6.45, 7) is 8.25. The highest BCUT2D eigenvalue weighted by Crippen LogP contribution is 2.18. The maximum absolute atomic E-state index is 5.69. The van der Waals surface area contributed by atoms with Crippen LogP contribution in [0.1, 0.15) is 19.4 Å². The van der Waals surface area contributed by atoms with E-state index in [0.29, 0.717) is 0 Å². The van der Waals surface area contributed by atoms with Crippen molar-refractivity contribution in [3.05, 3.63) is 35.9 Å². The zero-order valence-corrected chi connectivity index (χ0v) is 9.57. The van der Waals surface area contributed by atoms with E-state index < -0.39 is 0 Å². The van der Waals surface area contributed by atoms with Crippen LogP contribution < -0.4 is 0 Å². The van der Waals surface area contributed by atoms with E-state index in [-0.39, 0.29) is 5.60 Å². The van der Waals surface area contributed by atoms with Crippen molar-refractivity contribution in [2.24, 2.45) is 0 Å². The lowest BCUT2D eigenvalue weighted by Crippen LogP contribution is -2.47. The number of morpholine rings is 1. The Morgan fingerprint density at radius 3 is 2.67 bits per heavy atom. The SMILES string of the molecule is CC1(C)CN(Cc2ccccc2)CCO1. The summed E-state index contributed by atoms with van der Waals surface area (Å²) in [6, 6.07) is 10.6. The Balaban J connectivity index is 1.95. The molecule has 2 rings (SSSR count). The first kappa shape index (κ1) is 10.7. The van der Waals surface area contributed by atoms with E-state index in [1.54, 1.807) is 0 Å². The topological polar surface area (TPSA) is 12.5 Å². The second kappa shape index (κ2) is 4.33. The normalized spacial score (nSPS) is 21.5. The van der Waals surface area contributed by atoms with Gasteiger partial charge in [-0.15, -0.1) is 0 Å². The number of hydrogen-bond acceptors (Lipinski definition) is 2. The first-order valence-corrected chi connectivity index (χ1v) is 5.56. The molecule has 1 saturated heterocycles. The molecule has 0 atom stereocenters. The third-order valence-electron chi connectivity index (χ3n) is 2.75. The quantitative estimate of drug-likeness (QED) is 0.734. The van der Waals surface area contributed by atoms with Gasteiger partial charge in [0.05, 0.1) is 12.2 Å². The van der Waals surface area contributed by atoms with Gasteiger partial charge in [-0.2, -0.15) is 0 Å². The van der Waals surface area contributed by atoms with Crippen molar-refractivity contribution >= 4 is 0 Å². The molecule has 15 heavy (non-hydrogen) atoms. The van der Waals surface area contributed by atoms with Gasteiger partial charge in [0.1, 0.15) is 0 Å². The number of ether oxygens (including phenoxy) is 1. The summed E-state index contributed by atoms with van der Waals surface area (Å²) in [7, 11) is 0.